The molecule has 2 aliphatic heterocycles. The lowest BCUT2D eigenvalue weighted by Gasteiger charge is -2.39. The fraction of sp³-hybridized carbons (Fsp3) is 0.684. The SMILES string of the molecule is Cc1[nH]ccc1C(=O)N1CCN([C@@H](C)C(=O)N2CCCCCC2)CC1. The Kier molecular flexibility index (Phi) is 5.78. The van der Waals surface area contributed by atoms with Crippen molar-refractivity contribution in [3.8, 4) is 0 Å². The molecule has 0 radical (unpaired) electrons. The van der Waals surface area contributed by atoms with E-state index in [1.165, 1.54) is 12.8 Å². The molecular weight excluding hydrogens is 316 g/mol. The molecule has 6 heteroatoms. The van der Waals surface area contributed by atoms with Gasteiger partial charge in [-0.2, -0.15) is 0 Å². The van der Waals surface area contributed by atoms with Crippen molar-refractivity contribution in [1.29, 1.82) is 0 Å². The van der Waals surface area contributed by atoms with E-state index in [0.717, 1.165) is 50.3 Å². The summed E-state index contributed by atoms with van der Waals surface area (Å²) in [7, 11) is 0. The smallest absolute Gasteiger partial charge is 0.255 e. The number of carbonyl (C=O) groups excluding carboxylic acids is 2. The fourth-order valence-electron chi connectivity index (χ4n) is 3.88. The van der Waals surface area contributed by atoms with Gasteiger partial charge in [0.25, 0.3) is 5.91 Å². The second kappa shape index (κ2) is 8.04. The number of hydrogen-bond acceptors (Lipinski definition) is 3. The van der Waals surface area contributed by atoms with Crippen molar-refractivity contribution in [3.63, 3.8) is 0 Å². The number of nitrogens with one attached hydrogen (secondary N) is 1. The van der Waals surface area contributed by atoms with Gasteiger partial charge in [-0.25, -0.2) is 0 Å². The molecule has 0 saturated carbocycles. The molecule has 0 aliphatic carbocycles. The maximum atomic E-state index is 12.8. The first-order valence-electron chi connectivity index (χ1n) is 9.54. The van der Waals surface area contributed by atoms with E-state index in [1.807, 2.05) is 29.7 Å². The first kappa shape index (κ1) is 18.0. The standard InChI is InChI=1S/C19H30N4O2/c1-15-17(7-8-20-15)19(25)23-13-11-21(12-14-23)16(2)18(24)22-9-5-3-4-6-10-22/h7-8,16,20H,3-6,9-14H2,1-2H3/t16-/m0/s1. The van der Waals surface area contributed by atoms with Crippen LogP contribution in [0.3, 0.4) is 0 Å². The molecule has 1 aromatic heterocycles. The molecule has 1 atom stereocenters. The van der Waals surface area contributed by atoms with E-state index < -0.39 is 0 Å². The third-order valence-corrected chi connectivity index (χ3v) is 5.61. The summed E-state index contributed by atoms with van der Waals surface area (Å²) in [5, 5.41) is 0. The monoisotopic (exact) mass is 346 g/mol. The second-order valence-electron chi connectivity index (χ2n) is 7.26. The van der Waals surface area contributed by atoms with Crippen LogP contribution in [0.25, 0.3) is 0 Å². The zero-order valence-electron chi connectivity index (χ0n) is 15.5. The van der Waals surface area contributed by atoms with Crippen LogP contribution in [0.15, 0.2) is 12.3 Å². The molecular formula is C19H30N4O2. The van der Waals surface area contributed by atoms with Crippen LogP contribution in [-0.2, 0) is 4.79 Å². The number of rotatable bonds is 3. The van der Waals surface area contributed by atoms with Crippen molar-refractivity contribution in [2.24, 2.45) is 0 Å². The lowest BCUT2D eigenvalue weighted by molar-refractivity contribution is -0.136. The number of amides is 2. The van der Waals surface area contributed by atoms with Crippen LogP contribution in [0.5, 0.6) is 0 Å². The Morgan fingerprint density at radius 2 is 1.60 bits per heavy atom. The summed E-state index contributed by atoms with van der Waals surface area (Å²) in [4.78, 5) is 34.6. The number of piperazine rings is 1. The molecule has 2 amide bonds. The van der Waals surface area contributed by atoms with E-state index in [2.05, 4.69) is 9.88 Å². The Hall–Kier alpha value is -1.82. The fourth-order valence-corrected chi connectivity index (χ4v) is 3.88. The summed E-state index contributed by atoms with van der Waals surface area (Å²) in [5.41, 5.74) is 1.67. The molecule has 0 spiro atoms. The molecule has 138 valence electrons. The van der Waals surface area contributed by atoms with E-state index >= 15 is 0 Å². The molecule has 3 rings (SSSR count). The summed E-state index contributed by atoms with van der Waals surface area (Å²) in [5.74, 6) is 0.341. The van der Waals surface area contributed by atoms with Gasteiger partial charge < -0.3 is 14.8 Å². The van der Waals surface area contributed by atoms with Crippen LogP contribution in [-0.4, -0.2) is 76.8 Å². The third-order valence-electron chi connectivity index (χ3n) is 5.61. The quantitative estimate of drug-likeness (QED) is 0.909. The van der Waals surface area contributed by atoms with E-state index in [4.69, 9.17) is 0 Å². The Labute approximate surface area is 150 Å². The molecule has 1 aromatic rings. The maximum Gasteiger partial charge on any atom is 0.255 e. The Balaban J connectivity index is 1.53. The van der Waals surface area contributed by atoms with Gasteiger partial charge in [0, 0.05) is 51.2 Å². The molecule has 0 bridgehead atoms. The number of likely N-dealkylation sites (tertiary alicyclic amines) is 1. The summed E-state index contributed by atoms with van der Waals surface area (Å²) >= 11 is 0. The van der Waals surface area contributed by atoms with Gasteiger partial charge in [-0.05, 0) is 32.8 Å². The molecule has 0 unspecified atom stereocenters. The highest BCUT2D eigenvalue weighted by molar-refractivity contribution is 5.95. The minimum Gasteiger partial charge on any atom is -0.365 e. The lowest BCUT2D eigenvalue weighted by atomic mass is 10.1. The average Bonchev–Trinajstić information content (AvgIpc) is 2.89. The largest absolute Gasteiger partial charge is 0.365 e. The van der Waals surface area contributed by atoms with Gasteiger partial charge in [0.1, 0.15) is 0 Å². The zero-order valence-corrected chi connectivity index (χ0v) is 15.5. The summed E-state index contributed by atoms with van der Waals surface area (Å²) in [6, 6.07) is 1.75. The topological polar surface area (TPSA) is 59.7 Å². The molecule has 25 heavy (non-hydrogen) atoms. The number of aromatic amines is 1. The molecule has 0 aromatic carbocycles. The van der Waals surface area contributed by atoms with Gasteiger partial charge in [0.05, 0.1) is 11.6 Å². The summed E-state index contributed by atoms with van der Waals surface area (Å²) in [6.45, 7) is 8.61. The van der Waals surface area contributed by atoms with Crippen LogP contribution in [0.1, 0.15) is 48.7 Å². The lowest BCUT2D eigenvalue weighted by Crippen LogP contribution is -2.55. The number of aromatic nitrogens is 1. The predicted octanol–water partition coefficient (Wildman–Crippen LogP) is 1.87. The minimum absolute atomic E-state index is 0.0879. The summed E-state index contributed by atoms with van der Waals surface area (Å²) in [6.07, 6.45) is 6.52. The van der Waals surface area contributed by atoms with Gasteiger partial charge in [-0.1, -0.05) is 12.8 Å². The van der Waals surface area contributed by atoms with Gasteiger partial charge in [0.15, 0.2) is 0 Å². The normalized spacial score (nSPS) is 21.0. The Morgan fingerprint density at radius 3 is 2.16 bits per heavy atom. The van der Waals surface area contributed by atoms with Crippen LogP contribution >= 0.6 is 0 Å². The minimum atomic E-state index is -0.0932. The van der Waals surface area contributed by atoms with Crippen LogP contribution in [0.2, 0.25) is 0 Å². The highest BCUT2D eigenvalue weighted by Crippen LogP contribution is 2.16. The van der Waals surface area contributed by atoms with Crippen molar-refractivity contribution in [2.75, 3.05) is 39.3 Å². The number of carbonyl (C=O) groups is 2. The van der Waals surface area contributed by atoms with E-state index in [1.54, 1.807) is 6.20 Å². The van der Waals surface area contributed by atoms with E-state index in [9.17, 15) is 9.59 Å². The van der Waals surface area contributed by atoms with E-state index in [-0.39, 0.29) is 17.9 Å². The van der Waals surface area contributed by atoms with Crippen molar-refractivity contribution in [3.05, 3.63) is 23.5 Å². The summed E-state index contributed by atoms with van der Waals surface area (Å²) < 4.78 is 0. The maximum absolute atomic E-state index is 12.8. The van der Waals surface area contributed by atoms with Crippen LogP contribution in [0, 0.1) is 6.92 Å². The van der Waals surface area contributed by atoms with Gasteiger partial charge in [-0.3, -0.25) is 14.5 Å². The van der Waals surface area contributed by atoms with Crippen molar-refractivity contribution < 1.29 is 9.59 Å². The van der Waals surface area contributed by atoms with Crippen molar-refractivity contribution >= 4 is 11.8 Å². The van der Waals surface area contributed by atoms with Crippen molar-refractivity contribution in [1.82, 2.24) is 19.7 Å². The molecule has 3 heterocycles. The first-order valence-corrected chi connectivity index (χ1v) is 9.54. The predicted molar refractivity (Wildman–Crippen MR) is 97.5 cm³/mol. The Morgan fingerprint density at radius 1 is 0.960 bits per heavy atom. The van der Waals surface area contributed by atoms with Crippen LogP contribution < -0.4 is 0 Å². The molecule has 6 nitrogen and oxygen atoms in total. The molecule has 2 saturated heterocycles. The van der Waals surface area contributed by atoms with Gasteiger partial charge >= 0.3 is 0 Å². The molecule has 2 aliphatic rings. The molecule has 1 N–H and O–H groups in total. The highest BCUT2D eigenvalue weighted by Gasteiger charge is 2.30. The van der Waals surface area contributed by atoms with E-state index in [0.29, 0.717) is 13.1 Å². The van der Waals surface area contributed by atoms with Gasteiger partial charge in [0.2, 0.25) is 5.91 Å². The first-order chi connectivity index (χ1) is 12.1. The number of nitrogens with zero attached hydrogens (tertiary/aromatic N) is 3. The van der Waals surface area contributed by atoms with Crippen LogP contribution in [0.4, 0.5) is 0 Å². The number of H-pyrrole nitrogens is 1. The zero-order chi connectivity index (χ0) is 17.8. The average molecular weight is 346 g/mol. The second-order valence-corrected chi connectivity index (χ2v) is 7.26. The van der Waals surface area contributed by atoms with Gasteiger partial charge in [-0.15, -0.1) is 0 Å². The Bertz CT molecular complexity index is 596. The number of hydrogen-bond donors (Lipinski definition) is 1. The highest BCUT2D eigenvalue weighted by atomic mass is 16.2. The third kappa shape index (κ3) is 4.06. The number of aryl methyl sites for hydroxylation is 1. The van der Waals surface area contributed by atoms with Crippen molar-refractivity contribution in [2.45, 2.75) is 45.6 Å². The molecule has 2 fully saturated rings.